The van der Waals surface area contributed by atoms with Crippen molar-refractivity contribution in [3.8, 4) is 0 Å². The van der Waals surface area contributed by atoms with Crippen LogP contribution in [0.4, 0.5) is 0 Å². The van der Waals surface area contributed by atoms with Crippen LogP contribution in [0.3, 0.4) is 0 Å². The molecule has 0 N–H and O–H groups in total. The summed E-state index contributed by atoms with van der Waals surface area (Å²) in [5.74, 6) is 0. The van der Waals surface area contributed by atoms with Gasteiger partial charge in [0.1, 0.15) is 0 Å². The maximum Gasteiger partial charge on any atom is 0 e. The van der Waals surface area contributed by atoms with Gasteiger partial charge in [0.15, 0.2) is 0 Å². The van der Waals surface area contributed by atoms with Crippen molar-refractivity contribution in [1.29, 1.82) is 5.26 Å². The average Bonchev–Trinajstić information content (AvgIpc) is 1.00. The summed E-state index contributed by atoms with van der Waals surface area (Å²) >= 11 is 0. The van der Waals surface area contributed by atoms with E-state index < -0.39 is 0 Å². The Bertz CT molecular complexity index is 12.8. The molecule has 0 radical (unpaired) electrons. The summed E-state index contributed by atoms with van der Waals surface area (Å²) in [5, 5.41) is 6.25. The number of hydrogen-bond acceptors (Lipinski definition) is 1. The predicted octanol–water partition coefficient (Wildman–Crippen LogP) is -1.09. The maximum absolute atomic E-state index is 6.25. The van der Waals surface area contributed by atoms with Crippen molar-refractivity contribution in [2.24, 2.45) is 0 Å². The van der Waals surface area contributed by atoms with Crippen molar-refractivity contribution < 1.29 is 17.1 Å². The van der Waals surface area contributed by atoms with E-state index in [4.69, 9.17) is 11.8 Å². The summed E-state index contributed by atoms with van der Waals surface area (Å²) in [6.45, 7) is 4.75. The Morgan fingerprint density at radius 3 is 1.25 bits per heavy atom. The van der Waals surface area contributed by atoms with E-state index in [0.717, 1.165) is 0 Å². The van der Waals surface area contributed by atoms with Gasteiger partial charge in [0.05, 0.1) is 0 Å². The van der Waals surface area contributed by atoms with Crippen molar-refractivity contribution >= 4 is 26.2 Å². The van der Waals surface area contributed by atoms with Crippen LogP contribution in [0.1, 0.15) is 0 Å². The monoisotopic (exact) mass is 294 g/mol. The van der Waals surface area contributed by atoms with Crippen LogP contribution in [0.2, 0.25) is 0 Å². The van der Waals surface area contributed by atoms with Crippen molar-refractivity contribution in [2.45, 2.75) is 0 Å². The first-order chi connectivity index (χ1) is 1.00. The molecule has 3 heteroatoms. The van der Waals surface area contributed by atoms with Gasteiger partial charge in [-0.1, -0.05) is 0 Å². The summed E-state index contributed by atoms with van der Waals surface area (Å²) in [6.07, 6.45) is 0. The van der Waals surface area contributed by atoms with Gasteiger partial charge >= 0.3 is 26.2 Å². The van der Waals surface area contributed by atoms with Gasteiger partial charge in [0, 0.05) is 17.1 Å². The van der Waals surface area contributed by atoms with Crippen LogP contribution in [0.25, 0.3) is 0 Å². The van der Waals surface area contributed by atoms with E-state index in [1.807, 2.05) is 0 Å². The summed E-state index contributed by atoms with van der Waals surface area (Å²) < 4.78 is 0. The molecule has 0 heterocycles. The minimum Gasteiger partial charge on any atom is -0.512 e. The molecule has 0 aliphatic carbocycles. The van der Waals surface area contributed by atoms with Gasteiger partial charge in [0.25, 0.3) is 0 Å². The molecule has 0 aromatic heterocycles. The number of hydrogen-bond donors (Lipinski definition) is 0. The Labute approximate surface area is 55.0 Å². The van der Waals surface area contributed by atoms with E-state index in [1.54, 1.807) is 0 Å². The summed E-state index contributed by atoms with van der Waals surface area (Å²) in [6, 6.07) is 0. The first-order valence-electron chi connectivity index (χ1n) is 0.224. The van der Waals surface area contributed by atoms with Crippen LogP contribution in [0, 0.1) is 11.8 Å². The van der Waals surface area contributed by atoms with E-state index in [9.17, 15) is 0 Å². The van der Waals surface area contributed by atoms with Gasteiger partial charge in [0.2, 0.25) is 0 Å². The summed E-state index contributed by atoms with van der Waals surface area (Å²) in [5.41, 5.74) is 0. The third-order valence-corrected chi connectivity index (χ3v) is 0. The zero-order chi connectivity index (χ0) is 2.00. The number of nitrogens with zero attached hydrogens (tertiary/aromatic N) is 1. The van der Waals surface area contributed by atoms with E-state index >= 15 is 0 Å². The first-order valence-corrected chi connectivity index (χ1v) is 0.224. The maximum atomic E-state index is 6.25. The second-order valence-corrected chi connectivity index (χ2v) is 0. The zero-order valence-electron chi connectivity index (χ0n) is 2.01. The quantitative estimate of drug-likeness (QED) is 0.411. The number of rotatable bonds is 0. The second kappa shape index (κ2) is 40.9. The molecular formula is CH3BiFeN-. The molecule has 0 rings (SSSR count). The Hall–Kier alpha value is 0.893. The van der Waals surface area contributed by atoms with Crippen LogP contribution in [-0.4, -0.2) is 26.2 Å². The fraction of sp³-hybridized carbons (Fsp3) is 0. The fourth-order valence-electron chi connectivity index (χ4n) is 0. The molecule has 0 atom stereocenters. The van der Waals surface area contributed by atoms with E-state index in [-0.39, 0.29) is 43.3 Å². The van der Waals surface area contributed by atoms with Crippen LogP contribution >= 0.6 is 0 Å². The molecule has 0 aliphatic heterocycles. The van der Waals surface area contributed by atoms with Crippen LogP contribution < -0.4 is 0 Å². The molecule has 0 unspecified atom stereocenters. The Morgan fingerprint density at radius 1 is 1.25 bits per heavy atom. The largest absolute Gasteiger partial charge is 0.512 e. The fourth-order valence-corrected chi connectivity index (χ4v) is 0. The zero-order valence-corrected chi connectivity index (χ0v) is 8.61. The SMILES string of the molecule is [BiH3].[C-]#N.[Fe]. The van der Waals surface area contributed by atoms with Crippen molar-refractivity contribution in [3.05, 3.63) is 6.57 Å². The molecular weight excluding hydrogens is 291 g/mol. The van der Waals surface area contributed by atoms with E-state index in [0.29, 0.717) is 0 Å². The van der Waals surface area contributed by atoms with Gasteiger partial charge in [-0.2, -0.15) is 0 Å². The topological polar surface area (TPSA) is 23.8 Å². The molecule has 0 aliphatic rings. The van der Waals surface area contributed by atoms with Gasteiger partial charge in [-0.15, -0.1) is 0 Å². The Morgan fingerprint density at radius 2 is 1.25 bits per heavy atom. The third-order valence-electron chi connectivity index (χ3n) is 0. The molecule has 0 saturated heterocycles. The van der Waals surface area contributed by atoms with E-state index in [2.05, 4.69) is 0 Å². The molecule has 1 nitrogen and oxygen atoms in total. The molecule has 0 saturated carbocycles. The second-order valence-electron chi connectivity index (χ2n) is 0. The Kier molecular flexibility index (Phi) is 212. The summed E-state index contributed by atoms with van der Waals surface area (Å²) in [4.78, 5) is 0. The third kappa shape index (κ3) is 13.0. The average molecular weight is 294 g/mol. The van der Waals surface area contributed by atoms with E-state index in [1.165, 1.54) is 0 Å². The van der Waals surface area contributed by atoms with Gasteiger partial charge in [-0.25, -0.2) is 0 Å². The standard InChI is InChI=1S/CN.Bi.Fe.3H/c1-2;;;;;/q-1;;;;;. The molecule has 0 fully saturated rings. The van der Waals surface area contributed by atoms with Crippen molar-refractivity contribution in [3.63, 3.8) is 0 Å². The van der Waals surface area contributed by atoms with Crippen molar-refractivity contribution in [1.82, 2.24) is 0 Å². The normalized spacial score (nSPS) is 0.500. The van der Waals surface area contributed by atoms with Gasteiger partial charge in [-0.3, -0.25) is 0 Å². The molecule has 0 spiro atoms. The molecule has 0 amide bonds. The molecule has 0 aromatic carbocycles. The molecule has 26 valence electrons. The minimum atomic E-state index is 0. The van der Waals surface area contributed by atoms with Crippen LogP contribution in [0.15, 0.2) is 0 Å². The minimum absolute atomic E-state index is 0. The smallest absolute Gasteiger partial charge is 0 e. The molecule has 4 heavy (non-hydrogen) atoms. The Balaban J connectivity index is -0.00000000500. The first kappa shape index (κ1) is 20.7. The van der Waals surface area contributed by atoms with Gasteiger partial charge in [-0.05, 0) is 0 Å². The molecule has 0 aromatic rings. The van der Waals surface area contributed by atoms with Gasteiger partial charge < -0.3 is 11.8 Å². The molecule has 0 bridgehead atoms. The van der Waals surface area contributed by atoms with Crippen LogP contribution in [-0.2, 0) is 17.1 Å². The van der Waals surface area contributed by atoms with Crippen molar-refractivity contribution in [2.75, 3.05) is 0 Å². The van der Waals surface area contributed by atoms with Crippen LogP contribution in [0.5, 0.6) is 0 Å². The summed E-state index contributed by atoms with van der Waals surface area (Å²) in [7, 11) is 0. The predicted molar refractivity (Wildman–Crippen MR) is 14.9 cm³/mol.